The molecule has 28 heavy (non-hydrogen) atoms. The van der Waals surface area contributed by atoms with Crippen LogP contribution in [0.5, 0.6) is 17.2 Å². The number of phenolic OH excluding ortho intramolecular Hbond substituents is 1. The van der Waals surface area contributed by atoms with Gasteiger partial charge < -0.3 is 23.7 Å². The first-order chi connectivity index (χ1) is 13.5. The minimum Gasteiger partial charge on any atom is -0.508 e. The quantitative estimate of drug-likeness (QED) is 0.527. The van der Waals surface area contributed by atoms with E-state index in [4.69, 9.17) is 30.2 Å². The molecular formula is C20H15ClO7. The van der Waals surface area contributed by atoms with Crippen molar-refractivity contribution in [3.05, 3.63) is 63.0 Å². The van der Waals surface area contributed by atoms with Crippen molar-refractivity contribution < 1.29 is 28.5 Å². The first kappa shape index (κ1) is 18.2. The standard InChI is InChI=1S/C20H15ClO7/c21-15-6-11(7-17-19(15)26-5-1-4-25-17)20(24)27-10-12-8-18(23)28-16-9-13(22)2-3-14(12)16/h2-3,6-9,22H,1,4-5,10H2. The minimum absolute atomic E-state index is 0.0355. The number of rotatable bonds is 3. The average molecular weight is 403 g/mol. The van der Waals surface area contributed by atoms with E-state index in [1.165, 1.54) is 30.3 Å². The van der Waals surface area contributed by atoms with Gasteiger partial charge in [-0.2, -0.15) is 0 Å². The number of benzene rings is 2. The van der Waals surface area contributed by atoms with Crippen molar-refractivity contribution in [2.24, 2.45) is 0 Å². The predicted octanol–water partition coefficient (Wildman–Crippen LogP) is 3.67. The molecule has 1 aromatic heterocycles. The number of carbonyl (C=O) groups excluding carboxylic acids is 1. The Labute approximate surface area is 164 Å². The van der Waals surface area contributed by atoms with Crippen LogP contribution in [0.4, 0.5) is 0 Å². The largest absolute Gasteiger partial charge is 0.508 e. The molecule has 8 heteroatoms. The third kappa shape index (κ3) is 3.61. The molecule has 0 aliphatic carbocycles. The summed E-state index contributed by atoms with van der Waals surface area (Å²) in [5.74, 6) is 0.129. The van der Waals surface area contributed by atoms with E-state index in [0.717, 1.165) is 0 Å². The van der Waals surface area contributed by atoms with Gasteiger partial charge in [0.05, 0.1) is 23.8 Å². The van der Waals surface area contributed by atoms with Crippen LogP contribution in [-0.2, 0) is 11.3 Å². The lowest BCUT2D eigenvalue weighted by atomic mass is 10.1. The number of esters is 1. The van der Waals surface area contributed by atoms with E-state index >= 15 is 0 Å². The molecule has 0 unspecified atom stereocenters. The Morgan fingerprint density at radius 1 is 1.14 bits per heavy atom. The normalized spacial score (nSPS) is 13.2. The van der Waals surface area contributed by atoms with Gasteiger partial charge in [-0.1, -0.05) is 11.6 Å². The molecule has 0 radical (unpaired) electrons. The highest BCUT2D eigenvalue weighted by atomic mass is 35.5. The van der Waals surface area contributed by atoms with Crippen molar-refractivity contribution >= 4 is 28.5 Å². The lowest BCUT2D eigenvalue weighted by Crippen LogP contribution is -2.08. The molecule has 7 nitrogen and oxygen atoms in total. The monoisotopic (exact) mass is 402 g/mol. The summed E-state index contributed by atoms with van der Waals surface area (Å²) in [4.78, 5) is 24.2. The molecule has 0 spiro atoms. The SMILES string of the molecule is O=C(OCc1cc(=O)oc2cc(O)ccc12)c1cc(Cl)c2c(c1)OCCCO2. The van der Waals surface area contributed by atoms with Crippen LogP contribution < -0.4 is 15.1 Å². The third-order valence-corrected chi connectivity index (χ3v) is 4.49. The average Bonchev–Trinajstić information content (AvgIpc) is 2.91. The first-order valence-corrected chi connectivity index (χ1v) is 8.91. The Bertz CT molecular complexity index is 1120. The van der Waals surface area contributed by atoms with Gasteiger partial charge in [-0.05, 0) is 24.3 Å². The summed E-state index contributed by atoms with van der Waals surface area (Å²) in [7, 11) is 0. The number of hydrogen-bond donors (Lipinski definition) is 1. The number of phenols is 1. The van der Waals surface area contributed by atoms with E-state index < -0.39 is 11.6 Å². The van der Waals surface area contributed by atoms with Crippen LogP contribution in [0, 0.1) is 0 Å². The number of aromatic hydroxyl groups is 1. The van der Waals surface area contributed by atoms with Gasteiger partial charge in [-0.15, -0.1) is 0 Å². The molecule has 144 valence electrons. The maximum absolute atomic E-state index is 12.5. The summed E-state index contributed by atoms with van der Waals surface area (Å²) in [5.41, 5.74) is 0.263. The van der Waals surface area contributed by atoms with Crippen molar-refractivity contribution in [2.45, 2.75) is 13.0 Å². The van der Waals surface area contributed by atoms with Crippen LogP contribution >= 0.6 is 11.6 Å². The van der Waals surface area contributed by atoms with Gasteiger partial charge in [-0.3, -0.25) is 0 Å². The van der Waals surface area contributed by atoms with Crippen LogP contribution in [-0.4, -0.2) is 24.3 Å². The fourth-order valence-corrected chi connectivity index (χ4v) is 3.18. The number of fused-ring (bicyclic) bond motifs is 2. The molecule has 2 aromatic carbocycles. The molecule has 0 saturated carbocycles. The lowest BCUT2D eigenvalue weighted by molar-refractivity contribution is 0.0473. The Morgan fingerprint density at radius 3 is 2.82 bits per heavy atom. The molecule has 0 bridgehead atoms. The number of ether oxygens (including phenoxy) is 3. The molecule has 1 N–H and O–H groups in total. The van der Waals surface area contributed by atoms with E-state index in [1.807, 2.05) is 0 Å². The smallest absolute Gasteiger partial charge is 0.338 e. The fraction of sp³-hybridized carbons (Fsp3) is 0.200. The summed E-state index contributed by atoms with van der Waals surface area (Å²) in [6.07, 6.45) is 0.712. The van der Waals surface area contributed by atoms with Gasteiger partial charge in [0.1, 0.15) is 17.9 Å². The van der Waals surface area contributed by atoms with Gasteiger partial charge in [0.2, 0.25) is 0 Å². The van der Waals surface area contributed by atoms with Crippen molar-refractivity contribution in [3.8, 4) is 17.2 Å². The van der Waals surface area contributed by atoms with Gasteiger partial charge in [0.15, 0.2) is 11.5 Å². The van der Waals surface area contributed by atoms with Gasteiger partial charge in [0.25, 0.3) is 0 Å². The summed E-state index contributed by atoms with van der Waals surface area (Å²) in [6.45, 7) is 0.786. The summed E-state index contributed by atoms with van der Waals surface area (Å²) < 4.78 is 21.5. The highest BCUT2D eigenvalue weighted by Crippen LogP contribution is 2.38. The zero-order valence-electron chi connectivity index (χ0n) is 14.6. The first-order valence-electron chi connectivity index (χ1n) is 8.53. The van der Waals surface area contributed by atoms with Crippen LogP contribution in [0.25, 0.3) is 11.0 Å². The topological polar surface area (TPSA) is 95.2 Å². The predicted molar refractivity (Wildman–Crippen MR) is 100 cm³/mol. The van der Waals surface area contributed by atoms with E-state index in [0.29, 0.717) is 42.1 Å². The Morgan fingerprint density at radius 2 is 1.96 bits per heavy atom. The zero-order valence-corrected chi connectivity index (χ0v) is 15.3. The molecule has 0 atom stereocenters. The third-order valence-electron chi connectivity index (χ3n) is 4.21. The molecule has 0 fully saturated rings. The molecule has 4 rings (SSSR count). The van der Waals surface area contributed by atoms with Gasteiger partial charge >= 0.3 is 11.6 Å². The maximum atomic E-state index is 12.5. The lowest BCUT2D eigenvalue weighted by Gasteiger charge is -2.12. The second kappa shape index (κ2) is 7.44. The van der Waals surface area contributed by atoms with Crippen molar-refractivity contribution in [1.29, 1.82) is 0 Å². The molecule has 3 aromatic rings. The van der Waals surface area contributed by atoms with Crippen LogP contribution in [0.3, 0.4) is 0 Å². The van der Waals surface area contributed by atoms with Crippen LogP contribution in [0.2, 0.25) is 5.02 Å². The Balaban J connectivity index is 1.59. The second-order valence-corrected chi connectivity index (χ2v) is 6.59. The summed E-state index contributed by atoms with van der Waals surface area (Å²) >= 11 is 6.20. The highest BCUT2D eigenvalue weighted by molar-refractivity contribution is 6.32. The van der Waals surface area contributed by atoms with E-state index in [1.54, 1.807) is 6.07 Å². The number of carbonyl (C=O) groups is 1. The minimum atomic E-state index is -0.627. The fourth-order valence-electron chi connectivity index (χ4n) is 2.91. The Kier molecular flexibility index (Phi) is 4.83. The van der Waals surface area contributed by atoms with Crippen molar-refractivity contribution in [2.75, 3.05) is 13.2 Å². The van der Waals surface area contributed by atoms with E-state index in [2.05, 4.69) is 0 Å². The van der Waals surface area contributed by atoms with Gasteiger partial charge in [-0.25, -0.2) is 9.59 Å². The van der Waals surface area contributed by atoms with Crippen molar-refractivity contribution in [1.82, 2.24) is 0 Å². The zero-order chi connectivity index (χ0) is 19.7. The van der Waals surface area contributed by atoms with E-state index in [9.17, 15) is 14.7 Å². The molecule has 1 aliphatic rings. The Hall–Kier alpha value is -3.19. The summed E-state index contributed by atoms with van der Waals surface area (Å²) in [6, 6.07) is 8.58. The highest BCUT2D eigenvalue weighted by Gasteiger charge is 2.19. The number of hydrogen-bond acceptors (Lipinski definition) is 7. The van der Waals surface area contributed by atoms with Crippen LogP contribution in [0.1, 0.15) is 22.3 Å². The maximum Gasteiger partial charge on any atom is 0.338 e. The number of halogens is 1. The van der Waals surface area contributed by atoms with Crippen molar-refractivity contribution in [3.63, 3.8) is 0 Å². The molecular weight excluding hydrogens is 388 g/mol. The molecule has 0 saturated heterocycles. The molecule has 1 aliphatic heterocycles. The van der Waals surface area contributed by atoms with E-state index in [-0.39, 0.29) is 28.5 Å². The van der Waals surface area contributed by atoms with Crippen LogP contribution in [0.15, 0.2) is 45.6 Å². The molecule has 0 amide bonds. The van der Waals surface area contributed by atoms with Gasteiger partial charge in [0, 0.05) is 29.5 Å². The summed E-state index contributed by atoms with van der Waals surface area (Å²) in [5, 5.41) is 10.4. The molecule has 2 heterocycles. The second-order valence-electron chi connectivity index (χ2n) is 6.18.